The van der Waals surface area contributed by atoms with E-state index in [0.29, 0.717) is 17.2 Å². The fourth-order valence-electron chi connectivity index (χ4n) is 3.81. The van der Waals surface area contributed by atoms with Crippen molar-refractivity contribution in [3.05, 3.63) is 88.3 Å². The van der Waals surface area contributed by atoms with Gasteiger partial charge in [0.25, 0.3) is 0 Å². The molecule has 0 bridgehead atoms. The average molecular weight is 394 g/mol. The van der Waals surface area contributed by atoms with Crippen LogP contribution in [-0.4, -0.2) is 28.8 Å². The van der Waals surface area contributed by atoms with Crippen LogP contribution in [0, 0.1) is 6.92 Å². The molecule has 28 heavy (non-hydrogen) atoms. The van der Waals surface area contributed by atoms with Gasteiger partial charge < -0.3 is 4.90 Å². The van der Waals surface area contributed by atoms with Gasteiger partial charge in [0.05, 0.1) is 0 Å². The maximum absolute atomic E-state index is 12.9. The number of benzene rings is 1. The van der Waals surface area contributed by atoms with Crippen LogP contribution in [-0.2, 0) is 0 Å². The maximum atomic E-state index is 12.9. The lowest BCUT2D eigenvalue weighted by atomic mass is 9.90. The van der Waals surface area contributed by atoms with Gasteiger partial charge in [-0.1, -0.05) is 29.8 Å². The molecule has 2 aromatic heterocycles. The number of piperidine rings is 1. The molecule has 3 aromatic rings. The summed E-state index contributed by atoms with van der Waals surface area (Å²) in [5, 5.41) is 0.771. The molecule has 1 aromatic carbocycles. The Balaban J connectivity index is 0.00000240. The second-order valence-electron chi connectivity index (χ2n) is 7.19. The summed E-state index contributed by atoms with van der Waals surface area (Å²) < 4.78 is 0. The minimum Gasteiger partial charge on any atom is -0.356 e. The van der Waals surface area contributed by atoms with Crippen LogP contribution in [0.15, 0.2) is 60.8 Å². The highest BCUT2D eigenvalue weighted by Gasteiger charge is 2.23. The molecule has 0 amide bonds. The molecule has 4 nitrogen and oxygen atoms in total. The van der Waals surface area contributed by atoms with Gasteiger partial charge in [-0.25, -0.2) is 4.98 Å². The number of halogens is 1. The number of carbonyl (C=O) groups excluding carboxylic acids is 1. The summed E-state index contributed by atoms with van der Waals surface area (Å²) in [5.74, 6) is 1.17. The van der Waals surface area contributed by atoms with Crippen molar-refractivity contribution < 1.29 is 6.22 Å². The van der Waals surface area contributed by atoms with E-state index in [4.69, 9.17) is 11.6 Å². The normalized spacial score (nSPS) is 16.8. The van der Waals surface area contributed by atoms with Crippen LogP contribution in [0.25, 0.3) is 0 Å². The number of anilines is 1. The number of rotatable bonds is 4. The molecule has 4 rings (SSSR count). The zero-order valence-electron chi connectivity index (χ0n) is 15.8. The fraction of sp³-hybridized carbons (Fsp3) is 0.261. The predicted octanol–water partition coefficient (Wildman–Crippen LogP) is 5.30. The lowest BCUT2D eigenvalue weighted by Gasteiger charge is -2.34. The first-order valence-electron chi connectivity index (χ1n) is 9.55. The lowest BCUT2D eigenvalue weighted by molar-refractivity contribution is 0.103. The third-order valence-corrected chi connectivity index (χ3v) is 5.52. The molecule has 5 heteroatoms. The molecule has 144 valence electrons. The molecule has 1 saturated heterocycles. The molecule has 0 aliphatic carbocycles. The molecule has 1 aliphatic rings. The Kier molecular flexibility index (Phi) is 5.40. The van der Waals surface area contributed by atoms with Crippen LogP contribution in [0.1, 0.15) is 47.5 Å². The summed E-state index contributed by atoms with van der Waals surface area (Å²) >= 11 is 6.18. The first kappa shape index (κ1) is 18.6. The Morgan fingerprint density at radius 1 is 1.18 bits per heavy atom. The molecule has 3 heterocycles. The molecule has 0 saturated carbocycles. The number of nitrogens with zero attached hydrogens (tertiary/aromatic N) is 3. The summed E-state index contributed by atoms with van der Waals surface area (Å²) in [7, 11) is 0. The van der Waals surface area contributed by atoms with Crippen LogP contribution >= 0.6 is 11.6 Å². The van der Waals surface area contributed by atoms with E-state index in [1.807, 2.05) is 37.3 Å². The number of ketones is 1. The Bertz CT molecular complexity index is 1010. The van der Waals surface area contributed by atoms with E-state index < -0.39 is 0 Å². The largest absolute Gasteiger partial charge is 0.356 e. The third-order valence-electron chi connectivity index (χ3n) is 5.28. The third kappa shape index (κ3) is 3.92. The van der Waals surface area contributed by atoms with Gasteiger partial charge in [-0.05, 0) is 61.7 Å². The van der Waals surface area contributed by atoms with Gasteiger partial charge in [0, 0.05) is 42.9 Å². The van der Waals surface area contributed by atoms with E-state index in [2.05, 4.69) is 20.9 Å². The zero-order valence-corrected chi connectivity index (χ0v) is 16.6. The van der Waals surface area contributed by atoms with Crippen molar-refractivity contribution in [2.24, 2.45) is 0 Å². The minimum absolute atomic E-state index is 0. The Labute approximate surface area is 171 Å². The van der Waals surface area contributed by atoms with E-state index in [-0.39, 0.29) is 7.21 Å². The minimum atomic E-state index is -0.0872. The molecular formula is C23H24ClN3O. The van der Waals surface area contributed by atoms with Gasteiger partial charge in [0.15, 0.2) is 0 Å². The zero-order chi connectivity index (χ0) is 19.5. The van der Waals surface area contributed by atoms with Crippen molar-refractivity contribution in [2.75, 3.05) is 18.0 Å². The van der Waals surface area contributed by atoms with Gasteiger partial charge in [-0.2, -0.15) is 0 Å². The number of aryl methyl sites for hydroxylation is 1. The Morgan fingerprint density at radius 3 is 2.86 bits per heavy atom. The monoisotopic (exact) mass is 393 g/mol. The summed E-state index contributed by atoms with van der Waals surface area (Å²) in [6, 6.07) is 17.3. The summed E-state index contributed by atoms with van der Waals surface area (Å²) in [6.45, 7) is 3.65. The Morgan fingerprint density at radius 2 is 2.04 bits per heavy atom. The number of pyridine rings is 2. The maximum Gasteiger partial charge on any atom is 0.213 e. The van der Waals surface area contributed by atoms with Crippen LogP contribution in [0.3, 0.4) is 0 Å². The highest BCUT2D eigenvalue weighted by Crippen LogP contribution is 2.30. The first-order chi connectivity index (χ1) is 13.6. The van der Waals surface area contributed by atoms with Gasteiger partial charge in [0.1, 0.15) is 11.5 Å². The highest BCUT2D eigenvalue weighted by molar-refractivity contribution is 6.30. The summed E-state index contributed by atoms with van der Waals surface area (Å²) in [5.41, 5.74) is 3.04. The van der Waals surface area contributed by atoms with Crippen molar-refractivity contribution in [1.29, 1.82) is 0 Å². The van der Waals surface area contributed by atoms with E-state index in [1.54, 1.807) is 24.4 Å². The summed E-state index contributed by atoms with van der Waals surface area (Å²) in [6.07, 6.45) is 3.91. The topological polar surface area (TPSA) is 46.1 Å². The standard InChI is InChI=1S/C23H22ClN3O.H2/c1-16-20(9-4-12-25-16)23(28)21-10-3-11-22(26-21)27-13-5-7-18(15-27)17-6-2-8-19(24)14-17;/h2-4,6,8-12,14,18H,5,7,13,15H2,1H3;1H. The van der Waals surface area contributed by atoms with E-state index in [9.17, 15) is 4.79 Å². The quantitative estimate of drug-likeness (QED) is 0.564. The summed E-state index contributed by atoms with van der Waals surface area (Å²) in [4.78, 5) is 24.1. The number of carbonyl (C=O) groups is 1. The van der Waals surface area contributed by atoms with Crippen molar-refractivity contribution in [2.45, 2.75) is 25.7 Å². The van der Waals surface area contributed by atoms with Gasteiger partial charge >= 0.3 is 0 Å². The van der Waals surface area contributed by atoms with Crippen molar-refractivity contribution in [3.8, 4) is 0 Å². The smallest absolute Gasteiger partial charge is 0.213 e. The second-order valence-corrected chi connectivity index (χ2v) is 7.62. The highest BCUT2D eigenvalue weighted by atomic mass is 35.5. The number of hydrogen-bond donors (Lipinski definition) is 0. The Hall–Kier alpha value is -2.72. The van der Waals surface area contributed by atoms with E-state index in [0.717, 1.165) is 42.5 Å². The van der Waals surface area contributed by atoms with Gasteiger partial charge in [0.2, 0.25) is 5.78 Å². The molecule has 0 radical (unpaired) electrons. The molecule has 1 unspecified atom stereocenters. The van der Waals surface area contributed by atoms with Gasteiger partial charge in [-0.3, -0.25) is 9.78 Å². The van der Waals surface area contributed by atoms with Crippen LogP contribution in [0.2, 0.25) is 5.02 Å². The van der Waals surface area contributed by atoms with Crippen molar-refractivity contribution in [3.63, 3.8) is 0 Å². The first-order valence-corrected chi connectivity index (χ1v) is 9.93. The van der Waals surface area contributed by atoms with E-state index >= 15 is 0 Å². The molecule has 1 aliphatic heterocycles. The fourth-order valence-corrected chi connectivity index (χ4v) is 4.00. The van der Waals surface area contributed by atoms with Gasteiger partial charge in [-0.15, -0.1) is 0 Å². The van der Waals surface area contributed by atoms with Crippen molar-refractivity contribution in [1.82, 2.24) is 9.97 Å². The van der Waals surface area contributed by atoms with E-state index in [1.165, 1.54) is 5.56 Å². The van der Waals surface area contributed by atoms with Crippen LogP contribution in [0.4, 0.5) is 5.82 Å². The lowest BCUT2D eigenvalue weighted by Crippen LogP contribution is -2.35. The molecule has 1 fully saturated rings. The number of hydrogen-bond acceptors (Lipinski definition) is 4. The van der Waals surface area contributed by atoms with Crippen molar-refractivity contribution >= 4 is 23.2 Å². The SMILES string of the molecule is Cc1ncccc1C(=O)c1cccc(N2CCCC(c3cccc(Cl)c3)C2)n1.[HH]. The second kappa shape index (κ2) is 8.11. The molecule has 0 N–H and O–H groups in total. The number of aromatic nitrogens is 2. The molecule has 0 spiro atoms. The average Bonchev–Trinajstić information content (AvgIpc) is 2.74. The predicted molar refractivity (Wildman–Crippen MR) is 114 cm³/mol. The molecule has 1 atom stereocenters. The van der Waals surface area contributed by atoms with Crippen LogP contribution < -0.4 is 4.90 Å². The van der Waals surface area contributed by atoms with Crippen LogP contribution in [0.5, 0.6) is 0 Å². The molecular weight excluding hydrogens is 370 g/mol.